The highest BCUT2D eigenvalue weighted by atomic mass is 16.6. The fourth-order valence-corrected chi connectivity index (χ4v) is 3.19. The van der Waals surface area contributed by atoms with Crippen molar-refractivity contribution >= 4 is 17.6 Å². The summed E-state index contributed by atoms with van der Waals surface area (Å²) in [6.45, 7) is 6.04. The molecule has 1 amide bonds. The van der Waals surface area contributed by atoms with Crippen molar-refractivity contribution in [1.82, 2.24) is 4.90 Å². The largest absolute Gasteiger partial charge is 0.460 e. The fourth-order valence-electron chi connectivity index (χ4n) is 3.19. The van der Waals surface area contributed by atoms with Gasteiger partial charge < -0.3 is 15.0 Å². The number of anilines is 1. The minimum Gasteiger partial charge on any atom is -0.460 e. The van der Waals surface area contributed by atoms with Crippen molar-refractivity contribution in [2.45, 2.75) is 51.9 Å². The van der Waals surface area contributed by atoms with Gasteiger partial charge in [0.25, 0.3) is 5.91 Å². The normalized spacial score (nSPS) is 16.5. The summed E-state index contributed by atoms with van der Waals surface area (Å²) < 4.78 is 5.41. The zero-order valence-corrected chi connectivity index (χ0v) is 16.1. The lowest BCUT2D eigenvalue weighted by molar-refractivity contribution is -0.155. The van der Waals surface area contributed by atoms with Crippen LogP contribution in [0, 0.1) is 0 Å². The second-order valence-electron chi connectivity index (χ2n) is 7.75. The number of nitrogens with zero attached hydrogens (tertiary/aromatic N) is 1. The first-order valence-electron chi connectivity index (χ1n) is 9.26. The highest BCUT2D eigenvalue weighted by molar-refractivity contribution is 6.01. The number of carbonyl (C=O) groups excluding carboxylic acids is 2. The quantitative estimate of drug-likeness (QED) is 0.806. The molecule has 0 saturated carbocycles. The zero-order chi connectivity index (χ0) is 19.4. The first-order chi connectivity index (χ1) is 12.8. The molecule has 0 aromatic heterocycles. The van der Waals surface area contributed by atoms with E-state index in [1.807, 2.05) is 75.4 Å². The summed E-state index contributed by atoms with van der Waals surface area (Å²) in [6.07, 6.45) is 0.470. The van der Waals surface area contributed by atoms with Crippen molar-refractivity contribution in [3.8, 4) is 0 Å². The highest BCUT2D eigenvalue weighted by Crippen LogP contribution is 2.28. The summed E-state index contributed by atoms with van der Waals surface area (Å²) in [7, 11) is 0. The molecule has 3 rings (SSSR count). The monoisotopic (exact) mass is 366 g/mol. The highest BCUT2D eigenvalue weighted by Gasteiger charge is 2.32. The second kappa shape index (κ2) is 7.82. The average molecular weight is 366 g/mol. The molecule has 5 nitrogen and oxygen atoms in total. The van der Waals surface area contributed by atoms with E-state index in [0.29, 0.717) is 18.5 Å². The van der Waals surface area contributed by atoms with Crippen molar-refractivity contribution in [3.63, 3.8) is 0 Å². The van der Waals surface area contributed by atoms with E-state index >= 15 is 0 Å². The first kappa shape index (κ1) is 19.0. The third-order valence-electron chi connectivity index (χ3n) is 4.35. The SMILES string of the molecule is CC(C)(C)OC(=O)CCC1Nc2ccccc2C(=O)N1Cc1ccccc1. The molecule has 5 heteroatoms. The molecule has 0 radical (unpaired) electrons. The Morgan fingerprint density at radius 1 is 1.07 bits per heavy atom. The Morgan fingerprint density at radius 2 is 1.74 bits per heavy atom. The number of rotatable bonds is 5. The molecule has 0 fully saturated rings. The summed E-state index contributed by atoms with van der Waals surface area (Å²) >= 11 is 0. The number of nitrogens with one attached hydrogen (secondary N) is 1. The summed E-state index contributed by atoms with van der Waals surface area (Å²) in [5, 5.41) is 3.41. The average Bonchev–Trinajstić information content (AvgIpc) is 2.62. The predicted octanol–water partition coefficient (Wildman–Crippen LogP) is 4.20. The van der Waals surface area contributed by atoms with Crippen LogP contribution in [0.4, 0.5) is 5.69 Å². The fraction of sp³-hybridized carbons (Fsp3) is 0.364. The van der Waals surface area contributed by atoms with Gasteiger partial charge in [0.2, 0.25) is 0 Å². The maximum absolute atomic E-state index is 13.1. The summed E-state index contributed by atoms with van der Waals surface area (Å²) in [6, 6.07) is 17.4. The number of para-hydroxylation sites is 1. The molecular formula is C22H26N2O3. The van der Waals surface area contributed by atoms with E-state index in [9.17, 15) is 9.59 Å². The maximum Gasteiger partial charge on any atom is 0.306 e. The molecule has 0 bridgehead atoms. The van der Waals surface area contributed by atoms with Gasteiger partial charge in [-0.25, -0.2) is 0 Å². The molecule has 0 aliphatic carbocycles. The summed E-state index contributed by atoms with van der Waals surface area (Å²) in [5.41, 5.74) is 2.00. The lowest BCUT2D eigenvalue weighted by Crippen LogP contribution is -2.48. The van der Waals surface area contributed by atoms with Gasteiger partial charge >= 0.3 is 5.97 Å². The molecule has 1 atom stereocenters. The van der Waals surface area contributed by atoms with Crippen LogP contribution < -0.4 is 5.32 Å². The molecule has 27 heavy (non-hydrogen) atoms. The van der Waals surface area contributed by atoms with Crippen LogP contribution in [-0.4, -0.2) is 28.5 Å². The van der Waals surface area contributed by atoms with E-state index in [2.05, 4.69) is 5.32 Å². The standard InChI is InChI=1S/C22H26N2O3/c1-22(2,3)27-20(25)14-13-19-23-18-12-8-7-11-17(18)21(26)24(19)15-16-9-5-4-6-10-16/h4-12,19,23H,13-15H2,1-3H3. The van der Waals surface area contributed by atoms with Crippen LogP contribution in [0.15, 0.2) is 54.6 Å². The molecule has 1 aliphatic rings. The lowest BCUT2D eigenvalue weighted by atomic mass is 10.0. The van der Waals surface area contributed by atoms with Gasteiger partial charge in [-0.15, -0.1) is 0 Å². The lowest BCUT2D eigenvalue weighted by Gasteiger charge is -2.38. The number of ether oxygens (including phenoxy) is 1. The minimum absolute atomic E-state index is 0.0256. The molecule has 0 saturated heterocycles. The van der Waals surface area contributed by atoms with Crippen LogP contribution in [0.5, 0.6) is 0 Å². The van der Waals surface area contributed by atoms with Gasteiger partial charge in [0, 0.05) is 18.7 Å². The first-order valence-corrected chi connectivity index (χ1v) is 9.26. The predicted molar refractivity (Wildman–Crippen MR) is 105 cm³/mol. The Balaban J connectivity index is 1.78. The van der Waals surface area contributed by atoms with Crippen molar-refractivity contribution in [2.75, 3.05) is 5.32 Å². The molecule has 1 aliphatic heterocycles. The smallest absolute Gasteiger partial charge is 0.306 e. The summed E-state index contributed by atoms with van der Waals surface area (Å²) in [5.74, 6) is -0.280. The van der Waals surface area contributed by atoms with Gasteiger partial charge in [0.1, 0.15) is 11.8 Å². The van der Waals surface area contributed by atoms with Gasteiger partial charge in [-0.2, -0.15) is 0 Å². The van der Waals surface area contributed by atoms with E-state index in [4.69, 9.17) is 4.74 Å². The second-order valence-corrected chi connectivity index (χ2v) is 7.75. The van der Waals surface area contributed by atoms with E-state index in [1.54, 1.807) is 4.90 Å². The molecule has 2 aromatic carbocycles. The Morgan fingerprint density at radius 3 is 2.44 bits per heavy atom. The van der Waals surface area contributed by atoms with E-state index < -0.39 is 5.60 Å². The zero-order valence-electron chi connectivity index (χ0n) is 16.1. The Bertz CT molecular complexity index is 812. The number of fused-ring (bicyclic) bond motifs is 1. The molecule has 2 aromatic rings. The number of carbonyl (C=O) groups is 2. The number of hydrogen-bond donors (Lipinski definition) is 1. The van der Waals surface area contributed by atoms with Gasteiger partial charge in [0.15, 0.2) is 0 Å². The van der Waals surface area contributed by atoms with E-state index in [-0.39, 0.29) is 24.5 Å². The minimum atomic E-state index is -0.511. The Kier molecular flexibility index (Phi) is 5.49. The number of benzene rings is 2. The number of amides is 1. The van der Waals surface area contributed by atoms with Crippen molar-refractivity contribution in [2.24, 2.45) is 0 Å². The van der Waals surface area contributed by atoms with Gasteiger partial charge in [-0.1, -0.05) is 42.5 Å². The van der Waals surface area contributed by atoms with E-state index in [0.717, 1.165) is 11.3 Å². The molecule has 1 unspecified atom stereocenters. The molecule has 142 valence electrons. The Hall–Kier alpha value is -2.82. The Labute approximate surface area is 160 Å². The maximum atomic E-state index is 13.1. The number of hydrogen-bond acceptors (Lipinski definition) is 4. The third kappa shape index (κ3) is 4.88. The molecule has 1 N–H and O–H groups in total. The van der Waals surface area contributed by atoms with Crippen LogP contribution >= 0.6 is 0 Å². The molecule has 1 heterocycles. The summed E-state index contributed by atoms with van der Waals surface area (Å²) in [4.78, 5) is 27.0. The van der Waals surface area contributed by atoms with Crippen LogP contribution in [0.2, 0.25) is 0 Å². The van der Waals surface area contributed by atoms with Crippen LogP contribution in [-0.2, 0) is 16.1 Å². The molecule has 0 spiro atoms. The van der Waals surface area contributed by atoms with Crippen molar-refractivity contribution in [3.05, 3.63) is 65.7 Å². The molecular weight excluding hydrogens is 340 g/mol. The van der Waals surface area contributed by atoms with E-state index in [1.165, 1.54) is 0 Å². The van der Waals surface area contributed by atoms with Gasteiger partial charge in [0.05, 0.1) is 5.56 Å². The van der Waals surface area contributed by atoms with Crippen LogP contribution in [0.3, 0.4) is 0 Å². The third-order valence-corrected chi connectivity index (χ3v) is 4.35. The van der Waals surface area contributed by atoms with Crippen LogP contribution in [0.1, 0.15) is 49.5 Å². The van der Waals surface area contributed by atoms with Crippen LogP contribution in [0.25, 0.3) is 0 Å². The van der Waals surface area contributed by atoms with Gasteiger partial charge in [-0.05, 0) is 44.9 Å². The van der Waals surface area contributed by atoms with Crippen molar-refractivity contribution < 1.29 is 14.3 Å². The topological polar surface area (TPSA) is 58.6 Å². The number of esters is 1. The van der Waals surface area contributed by atoms with Crippen molar-refractivity contribution in [1.29, 1.82) is 0 Å². The van der Waals surface area contributed by atoms with Gasteiger partial charge in [-0.3, -0.25) is 9.59 Å².